The van der Waals surface area contributed by atoms with Crippen LogP contribution in [0.1, 0.15) is 0 Å². The van der Waals surface area contributed by atoms with E-state index in [-0.39, 0.29) is 22.1 Å². The smallest absolute Gasteiger partial charge is 0.151 e. The highest BCUT2D eigenvalue weighted by atomic mass is 35.5. The number of nitrogen functional groups attached to an aromatic ring is 2. The average Bonchev–Trinajstić information content (AvgIpc) is 2.53. The number of rotatable bonds is 1. The molecule has 0 aliphatic carbocycles. The van der Waals surface area contributed by atoms with Gasteiger partial charge in [0.25, 0.3) is 0 Å². The van der Waals surface area contributed by atoms with Gasteiger partial charge in [-0.1, -0.05) is 17.7 Å². The third-order valence-electron chi connectivity index (χ3n) is 2.04. The van der Waals surface area contributed by atoms with E-state index >= 15 is 0 Å². The second-order valence-corrected chi connectivity index (χ2v) is 3.39. The molecule has 0 amide bonds. The van der Waals surface area contributed by atoms with Gasteiger partial charge in [-0.25, -0.2) is 14.1 Å². The molecular formula is C9H8ClFN4. The second kappa shape index (κ2) is 3.43. The fourth-order valence-electron chi connectivity index (χ4n) is 1.26. The van der Waals surface area contributed by atoms with Crippen LogP contribution < -0.4 is 11.6 Å². The maximum atomic E-state index is 13.6. The van der Waals surface area contributed by atoms with Gasteiger partial charge in [-0.15, -0.1) is 0 Å². The number of halogens is 2. The van der Waals surface area contributed by atoms with Gasteiger partial charge < -0.3 is 11.6 Å². The van der Waals surface area contributed by atoms with Gasteiger partial charge in [0.15, 0.2) is 11.6 Å². The quantitative estimate of drug-likeness (QED) is 0.727. The van der Waals surface area contributed by atoms with Gasteiger partial charge in [-0.3, -0.25) is 0 Å². The number of hydrogen-bond acceptors (Lipinski definition) is 3. The summed E-state index contributed by atoms with van der Waals surface area (Å²) in [5.74, 6) is 5.08. The minimum Gasteiger partial charge on any atom is -0.382 e. The van der Waals surface area contributed by atoms with Crippen molar-refractivity contribution in [3.8, 4) is 11.3 Å². The van der Waals surface area contributed by atoms with E-state index in [0.717, 1.165) is 4.68 Å². The SMILES string of the molecule is Nc1c(-c2cccc(Cl)c2F)ncn1N. The predicted octanol–water partition coefficient (Wildman–Crippen LogP) is 1.64. The zero-order valence-electron chi connectivity index (χ0n) is 7.61. The number of anilines is 1. The van der Waals surface area contributed by atoms with Crippen LogP contribution in [-0.2, 0) is 0 Å². The molecule has 0 bridgehead atoms. The molecule has 0 saturated carbocycles. The predicted molar refractivity (Wildman–Crippen MR) is 57.2 cm³/mol. The van der Waals surface area contributed by atoms with Gasteiger partial charge in [0.05, 0.1) is 5.02 Å². The Morgan fingerprint density at radius 3 is 2.73 bits per heavy atom. The maximum absolute atomic E-state index is 13.6. The standard InChI is InChI=1S/C9H8ClFN4/c10-6-3-1-2-5(7(6)11)8-9(12)15(13)4-14-8/h1-4H,12-13H2. The molecule has 1 heterocycles. The first-order chi connectivity index (χ1) is 7.11. The van der Waals surface area contributed by atoms with E-state index in [2.05, 4.69) is 4.98 Å². The lowest BCUT2D eigenvalue weighted by Crippen LogP contribution is -2.10. The van der Waals surface area contributed by atoms with Crippen molar-refractivity contribution >= 4 is 17.4 Å². The highest BCUT2D eigenvalue weighted by Gasteiger charge is 2.14. The molecule has 4 nitrogen and oxygen atoms in total. The molecule has 0 spiro atoms. The van der Waals surface area contributed by atoms with E-state index in [1.165, 1.54) is 12.4 Å². The van der Waals surface area contributed by atoms with E-state index in [4.69, 9.17) is 23.2 Å². The van der Waals surface area contributed by atoms with Crippen LogP contribution in [0.2, 0.25) is 5.02 Å². The first-order valence-electron chi connectivity index (χ1n) is 4.13. The summed E-state index contributed by atoms with van der Waals surface area (Å²) in [5, 5.41) is 0.0264. The van der Waals surface area contributed by atoms with Gasteiger partial charge in [-0.05, 0) is 12.1 Å². The Labute approximate surface area is 90.2 Å². The summed E-state index contributed by atoms with van der Waals surface area (Å²) >= 11 is 5.64. The zero-order chi connectivity index (χ0) is 11.0. The van der Waals surface area contributed by atoms with E-state index in [9.17, 15) is 4.39 Å². The zero-order valence-corrected chi connectivity index (χ0v) is 8.37. The van der Waals surface area contributed by atoms with Crippen molar-refractivity contribution in [2.75, 3.05) is 11.6 Å². The number of aromatic nitrogens is 2. The number of benzene rings is 1. The van der Waals surface area contributed by atoms with Crippen molar-refractivity contribution in [1.82, 2.24) is 9.66 Å². The topological polar surface area (TPSA) is 69.9 Å². The number of nitrogens with zero attached hydrogens (tertiary/aromatic N) is 2. The number of imidazole rings is 1. The third kappa shape index (κ3) is 1.50. The van der Waals surface area contributed by atoms with E-state index in [0.29, 0.717) is 0 Å². The van der Waals surface area contributed by atoms with Crippen LogP contribution in [0.25, 0.3) is 11.3 Å². The molecule has 0 atom stereocenters. The lowest BCUT2D eigenvalue weighted by atomic mass is 10.1. The molecular weight excluding hydrogens is 219 g/mol. The van der Waals surface area contributed by atoms with Gasteiger partial charge in [0.2, 0.25) is 0 Å². The summed E-state index contributed by atoms with van der Waals surface area (Å²) in [6, 6.07) is 4.62. The molecule has 0 radical (unpaired) electrons. The van der Waals surface area contributed by atoms with Crippen LogP contribution in [0, 0.1) is 5.82 Å². The second-order valence-electron chi connectivity index (χ2n) is 2.99. The van der Waals surface area contributed by atoms with Crippen molar-refractivity contribution in [2.24, 2.45) is 0 Å². The highest BCUT2D eigenvalue weighted by molar-refractivity contribution is 6.31. The molecule has 1 aromatic carbocycles. The third-order valence-corrected chi connectivity index (χ3v) is 2.33. The Bertz CT molecular complexity index is 509. The van der Waals surface area contributed by atoms with Crippen molar-refractivity contribution in [1.29, 1.82) is 0 Å². The average molecular weight is 227 g/mol. The number of hydrogen-bond donors (Lipinski definition) is 2. The monoisotopic (exact) mass is 226 g/mol. The molecule has 4 N–H and O–H groups in total. The Morgan fingerprint density at radius 2 is 2.13 bits per heavy atom. The van der Waals surface area contributed by atoms with E-state index < -0.39 is 5.82 Å². The minimum atomic E-state index is -0.551. The molecule has 0 aliphatic rings. The molecule has 6 heteroatoms. The van der Waals surface area contributed by atoms with Gasteiger partial charge in [0.1, 0.15) is 12.0 Å². The fraction of sp³-hybridized carbons (Fsp3) is 0. The summed E-state index contributed by atoms with van der Waals surface area (Å²) in [5.41, 5.74) is 6.15. The van der Waals surface area contributed by atoms with Crippen LogP contribution in [0.15, 0.2) is 24.5 Å². The van der Waals surface area contributed by atoms with Crippen molar-refractivity contribution in [3.05, 3.63) is 35.4 Å². The Kier molecular flexibility index (Phi) is 2.24. The molecule has 1 aromatic heterocycles. The Hall–Kier alpha value is -1.75. The van der Waals surface area contributed by atoms with Crippen LogP contribution in [-0.4, -0.2) is 9.66 Å². The highest BCUT2D eigenvalue weighted by Crippen LogP contribution is 2.29. The van der Waals surface area contributed by atoms with Gasteiger partial charge >= 0.3 is 0 Å². The molecule has 0 unspecified atom stereocenters. The van der Waals surface area contributed by atoms with Crippen LogP contribution >= 0.6 is 11.6 Å². The molecule has 2 aromatic rings. The van der Waals surface area contributed by atoms with Crippen molar-refractivity contribution in [3.63, 3.8) is 0 Å². The van der Waals surface area contributed by atoms with Gasteiger partial charge in [-0.2, -0.15) is 0 Å². The number of nitrogens with two attached hydrogens (primary N) is 2. The summed E-state index contributed by atoms with van der Waals surface area (Å²) in [6.07, 6.45) is 1.31. The van der Waals surface area contributed by atoms with E-state index in [1.54, 1.807) is 12.1 Å². The van der Waals surface area contributed by atoms with Crippen LogP contribution in [0.5, 0.6) is 0 Å². The summed E-state index contributed by atoms with van der Waals surface area (Å²) in [7, 11) is 0. The molecule has 0 saturated heterocycles. The van der Waals surface area contributed by atoms with Crippen molar-refractivity contribution < 1.29 is 4.39 Å². The Morgan fingerprint density at radius 1 is 1.40 bits per heavy atom. The Balaban J connectivity index is 2.64. The minimum absolute atomic E-state index is 0.0264. The summed E-state index contributed by atoms with van der Waals surface area (Å²) < 4.78 is 14.7. The lowest BCUT2D eigenvalue weighted by Gasteiger charge is -2.02. The molecule has 0 fully saturated rings. The van der Waals surface area contributed by atoms with Crippen LogP contribution in [0.4, 0.5) is 10.2 Å². The lowest BCUT2D eigenvalue weighted by molar-refractivity contribution is 0.631. The first kappa shape index (κ1) is 9.79. The molecule has 15 heavy (non-hydrogen) atoms. The van der Waals surface area contributed by atoms with Gasteiger partial charge in [0, 0.05) is 5.56 Å². The van der Waals surface area contributed by atoms with Crippen molar-refractivity contribution in [2.45, 2.75) is 0 Å². The molecule has 0 aliphatic heterocycles. The van der Waals surface area contributed by atoms with Crippen LogP contribution in [0.3, 0.4) is 0 Å². The normalized spacial score (nSPS) is 10.5. The largest absolute Gasteiger partial charge is 0.382 e. The summed E-state index contributed by atoms with van der Waals surface area (Å²) in [4.78, 5) is 3.90. The van der Waals surface area contributed by atoms with E-state index in [1.807, 2.05) is 0 Å². The molecule has 2 rings (SSSR count). The molecule has 78 valence electrons. The maximum Gasteiger partial charge on any atom is 0.151 e. The first-order valence-corrected chi connectivity index (χ1v) is 4.51. The summed E-state index contributed by atoms with van der Waals surface area (Å²) in [6.45, 7) is 0. The fourth-order valence-corrected chi connectivity index (χ4v) is 1.44.